The average Bonchev–Trinajstić information content (AvgIpc) is 3.19. The Hall–Kier alpha value is 0.0500. The van der Waals surface area contributed by atoms with Gasteiger partial charge in [-0.3, -0.25) is 0 Å². The third kappa shape index (κ3) is 1.30. The molecule has 3 unspecified atom stereocenters. The fourth-order valence-electron chi connectivity index (χ4n) is 3.77. The zero-order valence-electron chi connectivity index (χ0n) is 12.2. The van der Waals surface area contributed by atoms with Gasteiger partial charge in [-0.2, -0.15) is 19.6 Å². The van der Waals surface area contributed by atoms with Crippen LogP contribution in [0.15, 0.2) is 0 Å². The van der Waals surface area contributed by atoms with E-state index in [1.54, 1.807) is 0 Å². The van der Waals surface area contributed by atoms with Crippen molar-refractivity contribution in [2.45, 2.75) is 34.7 Å². The van der Waals surface area contributed by atoms with Crippen molar-refractivity contribution in [2.24, 2.45) is 0 Å². The molecule has 3 N–H and O–H groups in total. The Balaban J connectivity index is 1.64. The van der Waals surface area contributed by atoms with Crippen LogP contribution in [0.5, 0.6) is 0 Å². The second-order valence-electron chi connectivity index (χ2n) is 6.21. The van der Waals surface area contributed by atoms with E-state index < -0.39 is 58.2 Å². The van der Waals surface area contributed by atoms with Crippen molar-refractivity contribution in [3.05, 3.63) is 0 Å². The third-order valence-electron chi connectivity index (χ3n) is 4.87. The largest absolute Gasteiger partial charge is 0.557 e. The van der Waals surface area contributed by atoms with Crippen LogP contribution in [0.3, 0.4) is 0 Å². The van der Waals surface area contributed by atoms with Crippen LogP contribution in [0.4, 0.5) is 0 Å². The van der Waals surface area contributed by atoms with Crippen LogP contribution >= 0.6 is 23.5 Å². The summed E-state index contributed by atoms with van der Waals surface area (Å²) < 4.78 is 78.7. The van der Waals surface area contributed by atoms with Gasteiger partial charge in [0.05, 0.1) is 0 Å². The van der Waals surface area contributed by atoms with Gasteiger partial charge in [-0.1, -0.05) is 0 Å². The van der Waals surface area contributed by atoms with E-state index in [0.717, 1.165) is 0 Å². The Morgan fingerprint density at radius 3 is 1.54 bits per heavy atom. The maximum absolute atomic E-state index is 12.7. The number of rotatable bonds is 0. The lowest BCUT2D eigenvalue weighted by atomic mass is 9.69. The van der Waals surface area contributed by atoms with Gasteiger partial charge in [-0.15, -0.1) is 18.7 Å². The Kier molecular flexibility index (Phi) is 2.58. The van der Waals surface area contributed by atoms with E-state index in [1.165, 1.54) is 0 Å². The van der Waals surface area contributed by atoms with Gasteiger partial charge in [0.25, 0.3) is 0 Å². The highest BCUT2D eigenvalue weighted by atomic mass is 31.2. The zero-order chi connectivity index (χ0) is 19.7. The summed E-state index contributed by atoms with van der Waals surface area (Å²) >= 11 is 0. The maximum atomic E-state index is 12.7. The number of aliphatic hydroxyl groups is 3. The fourth-order valence-corrected chi connectivity index (χ4v) is 7.75. The summed E-state index contributed by atoms with van der Waals surface area (Å²) in [6.07, 6.45) is 0. The van der Waals surface area contributed by atoms with Gasteiger partial charge in [-0.05, 0) is 0 Å². The summed E-state index contributed by atoms with van der Waals surface area (Å²) in [5, 5.41) is 33.4. The van der Waals surface area contributed by atoms with Crippen molar-refractivity contribution in [3.63, 3.8) is 0 Å². The van der Waals surface area contributed by atoms with E-state index in [4.69, 9.17) is 27.5 Å². The summed E-state index contributed by atoms with van der Waals surface area (Å²) in [6, 6.07) is 0. The van der Waals surface area contributed by atoms with Gasteiger partial charge >= 0.3 is 58.2 Å². The van der Waals surface area contributed by atoms with Gasteiger partial charge < -0.3 is 15.3 Å². The minimum absolute atomic E-state index is 3.41. The van der Waals surface area contributed by atoms with Crippen LogP contribution in [0, 0.1) is 0 Å². The third-order valence-corrected chi connectivity index (χ3v) is 8.32. The molecule has 0 aromatic heterocycles. The Morgan fingerprint density at radius 1 is 0.464 bits per heavy atom. The van der Waals surface area contributed by atoms with Crippen molar-refractivity contribution in [3.8, 4) is 0 Å². The molecule has 7 rings (SSSR count). The number of phosphoric ester groups is 2. The summed E-state index contributed by atoms with van der Waals surface area (Å²) in [6.45, 7) is 0. The average molecular weight is 472 g/mol. The minimum Gasteiger partial charge on any atom is -0.356 e. The summed E-state index contributed by atoms with van der Waals surface area (Å²) in [5.41, 5.74) is 0. The second-order valence-corrected chi connectivity index (χ2v) is 10.4. The highest BCUT2D eigenvalue weighted by molar-refractivity contribution is 7.49. The van der Waals surface area contributed by atoms with Crippen LogP contribution < -0.4 is 0 Å². The quantitative estimate of drug-likeness (QED) is 0.267. The first kappa shape index (κ1) is 17.7. The van der Waals surface area contributed by atoms with Crippen molar-refractivity contribution in [1.29, 1.82) is 0 Å². The number of fused-ring (bicyclic) bond motifs is 5. The molecule has 1 saturated carbocycles. The van der Waals surface area contributed by atoms with Crippen molar-refractivity contribution >= 4 is 23.5 Å². The number of phosphoric acid groups is 3. The van der Waals surface area contributed by atoms with Crippen LogP contribution in [-0.4, -0.2) is 50.0 Å². The molecule has 6 aliphatic heterocycles. The van der Waals surface area contributed by atoms with E-state index in [-0.39, 0.29) is 0 Å². The molecule has 1 aliphatic carbocycles. The van der Waals surface area contributed by atoms with Gasteiger partial charge in [0.15, 0.2) is 0 Å². The van der Waals surface area contributed by atoms with E-state index in [9.17, 15) is 29.0 Å². The van der Waals surface area contributed by atoms with Crippen LogP contribution in [-0.2, 0) is 74.6 Å². The molecule has 19 nitrogen and oxygen atoms in total. The lowest BCUT2D eigenvalue weighted by molar-refractivity contribution is -0.670. The monoisotopic (exact) mass is 472 g/mol. The standard InChI is InChI=1S/C6H3O19P3/c7-1-2(8)5-6(21-26(10,17-2)20-5)3(9,4(1)14-23-27(11,18-1)19-4)13-22-28(12,24-15-5)25-16-6/h7-9H/t1-,2-,3+,4+,5-,6-,26?,27?,28?/m1/s1. The molecule has 6 heterocycles. The highest BCUT2D eigenvalue weighted by Gasteiger charge is 3.11. The Bertz CT molecular complexity index is 1010. The summed E-state index contributed by atoms with van der Waals surface area (Å²) in [7, 11) is -15.0. The molecule has 0 aromatic rings. The summed E-state index contributed by atoms with van der Waals surface area (Å²) in [5.74, 6) is -21.4. The predicted octanol–water partition coefficient (Wildman–Crippen LogP) is -1.56. The van der Waals surface area contributed by atoms with Crippen LogP contribution in [0.1, 0.15) is 0 Å². The Labute approximate surface area is 149 Å². The summed E-state index contributed by atoms with van der Waals surface area (Å²) in [4.78, 5) is 18.6. The first-order chi connectivity index (χ1) is 12.9. The van der Waals surface area contributed by atoms with E-state index in [2.05, 4.69) is 33.4 Å². The molecule has 6 saturated heterocycles. The molecule has 28 heavy (non-hydrogen) atoms. The molecule has 6 bridgehead atoms. The predicted molar refractivity (Wildman–Crippen MR) is 60.0 cm³/mol. The van der Waals surface area contributed by atoms with Crippen molar-refractivity contribution in [1.82, 2.24) is 0 Å². The Morgan fingerprint density at radius 2 is 0.893 bits per heavy atom. The fraction of sp³-hybridized carbons (Fsp3) is 1.00. The molecule has 156 valence electrons. The molecule has 0 radical (unpaired) electrons. The molecule has 7 aliphatic rings. The minimum atomic E-state index is -5.03. The lowest BCUT2D eigenvalue weighted by Gasteiger charge is -2.61. The molecule has 7 fully saturated rings. The topological polar surface area (TPSA) is 232 Å². The maximum Gasteiger partial charge on any atom is 0.557 e. The first-order valence-corrected chi connectivity index (χ1v) is 11.2. The van der Waals surface area contributed by atoms with Crippen LogP contribution in [0.2, 0.25) is 0 Å². The van der Waals surface area contributed by atoms with Gasteiger partial charge in [-0.25, -0.2) is 36.3 Å². The normalized spacial score (nSPS) is 73.4. The van der Waals surface area contributed by atoms with Crippen molar-refractivity contribution in [2.75, 3.05) is 0 Å². The highest BCUT2D eigenvalue weighted by Crippen LogP contribution is 2.90. The molecule has 0 aromatic carbocycles. The van der Waals surface area contributed by atoms with Gasteiger partial charge in [0, 0.05) is 0 Å². The first-order valence-electron chi connectivity index (χ1n) is 6.87. The molecule has 0 amide bonds. The van der Waals surface area contributed by atoms with Crippen molar-refractivity contribution < 1.29 is 89.9 Å². The molecular formula is C6H3O19P3. The molecule has 3 spiro atoms. The number of hydrogen-bond acceptors (Lipinski definition) is 19. The lowest BCUT2D eigenvalue weighted by Crippen LogP contribution is -2.95. The second kappa shape index (κ2) is 4.08. The zero-order valence-corrected chi connectivity index (χ0v) is 14.9. The van der Waals surface area contributed by atoms with E-state index in [0.29, 0.717) is 0 Å². The van der Waals surface area contributed by atoms with Crippen LogP contribution in [0.25, 0.3) is 0 Å². The molecular weight excluding hydrogens is 469 g/mol. The molecule has 9 atom stereocenters. The van der Waals surface area contributed by atoms with E-state index >= 15 is 0 Å². The van der Waals surface area contributed by atoms with Gasteiger partial charge in [0.1, 0.15) is 0 Å². The van der Waals surface area contributed by atoms with Gasteiger partial charge in [0.2, 0.25) is 0 Å². The van der Waals surface area contributed by atoms with E-state index in [1.807, 2.05) is 0 Å². The smallest absolute Gasteiger partial charge is 0.356 e. The number of hydrogen-bond donors (Lipinski definition) is 3. The SMILES string of the molecule is O=P12OO[C@@]3(O)[C@]45OOP(=O)(O[C@]4(O)[C@@]4(O)OP6(=O)O[C@@]3(OO1)[C@]4(OO2)O6)O5. The molecule has 22 heteroatoms.